The van der Waals surface area contributed by atoms with Gasteiger partial charge in [0.1, 0.15) is 5.82 Å². The first-order valence-corrected chi connectivity index (χ1v) is 12.7. The number of para-hydroxylation sites is 1. The Hall–Kier alpha value is -3.63. The van der Waals surface area contributed by atoms with Crippen LogP contribution in [-0.4, -0.2) is 51.1 Å². The van der Waals surface area contributed by atoms with Gasteiger partial charge in [0, 0.05) is 25.0 Å². The largest absolute Gasteiger partial charge is 0.462 e. The topological polar surface area (TPSA) is 109 Å². The highest BCUT2D eigenvalue weighted by Gasteiger charge is 2.38. The standard InChI is InChI=1S/C24H23ClN4O5S/c1-2-34-23(30)17-13-21(25)22(26-14-17)28-15-19(16-28)29(18-9-5-3-6-10-18)24(31)27-35(32,33)20-11-7-4-8-12-20/h3-14,19H,2,15-16H2,1H3,(H,27,31). The van der Waals surface area contributed by atoms with E-state index < -0.39 is 22.0 Å². The van der Waals surface area contributed by atoms with Gasteiger partial charge in [0.25, 0.3) is 10.0 Å². The minimum absolute atomic E-state index is 0.00531. The molecule has 0 bridgehead atoms. The Bertz CT molecular complexity index is 1320. The molecule has 0 unspecified atom stereocenters. The monoisotopic (exact) mass is 514 g/mol. The van der Waals surface area contributed by atoms with Crippen LogP contribution in [0.5, 0.6) is 0 Å². The van der Waals surface area contributed by atoms with E-state index in [9.17, 15) is 18.0 Å². The lowest BCUT2D eigenvalue weighted by atomic mass is 10.1. The Labute approximate surface area is 208 Å². The van der Waals surface area contributed by atoms with Gasteiger partial charge in [-0.2, -0.15) is 0 Å². The summed E-state index contributed by atoms with van der Waals surface area (Å²) < 4.78 is 32.6. The smallest absolute Gasteiger partial charge is 0.339 e. The van der Waals surface area contributed by atoms with Gasteiger partial charge in [0.05, 0.1) is 28.1 Å². The van der Waals surface area contributed by atoms with Gasteiger partial charge in [-0.05, 0) is 37.3 Å². The van der Waals surface area contributed by atoms with Crippen LogP contribution in [0.2, 0.25) is 5.02 Å². The molecule has 2 aromatic carbocycles. The summed E-state index contributed by atoms with van der Waals surface area (Å²) in [6.07, 6.45) is 1.39. The molecule has 1 N–H and O–H groups in total. The minimum atomic E-state index is -4.05. The number of urea groups is 1. The van der Waals surface area contributed by atoms with Crippen molar-refractivity contribution in [2.75, 3.05) is 29.5 Å². The second-order valence-electron chi connectivity index (χ2n) is 7.74. The van der Waals surface area contributed by atoms with E-state index in [2.05, 4.69) is 9.71 Å². The summed E-state index contributed by atoms with van der Waals surface area (Å²) in [5.74, 6) is -0.0530. The molecule has 1 aromatic heterocycles. The molecule has 0 radical (unpaired) electrons. The fourth-order valence-electron chi connectivity index (χ4n) is 3.69. The Morgan fingerprint density at radius 3 is 2.34 bits per heavy atom. The van der Waals surface area contributed by atoms with Gasteiger partial charge < -0.3 is 9.64 Å². The number of nitrogens with zero attached hydrogens (tertiary/aromatic N) is 3. The van der Waals surface area contributed by atoms with Crippen molar-refractivity contribution in [1.82, 2.24) is 9.71 Å². The Morgan fingerprint density at radius 2 is 1.74 bits per heavy atom. The van der Waals surface area contributed by atoms with Crippen molar-refractivity contribution < 1.29 is 22.7 Å². The molecule has 35 heavy (non-hydrogen) atoms. The van der Waals surface area contributed by atoms with E-state index in [1.807, 2.05) is 11.0 Å². The van der Waals surface area contributed by atoms with E-state index in [-0.39, 0.29) is 28.1 Å². The van der Waals surface area contributed by atoms with Crippen molar-refractivity contribution in [3.8, 4) is 0 Å². The summed E-state index contributed by atoms with van der Waals surface area (Å²) in [6, 6.07) is 16.9. The van der Waals surface area contributed by atoms with Crippen LogP contribution in [0.25, 0.3) is 0 Å². The molecule has 1 saturated heterocycles. The molecule has 0 saturated carbocycles. The number of hydrogen-bond donors (Lipinski definition) is 1. The average Bonchev–Trinajstić information content (AvgIpc) is 2.82. The number of nitrogens with one attached hydrogen (secondary N) is 1. The molecular weight excluding hydrogens is 492 g/mol. The predicted molar refractivity (Wildman–Crippen MR) is 132 cm³/mol. The van der Waals surface area contributed by atoms with Gasteiger partial charge in [0.15, 0.2) is 0 Å². The van der Waals surface area contributed by atoms with Gasteiger partial charge in [-0.1, -0.05) is 48.0 Å². The van der Waals surface area contributed by atoms with E-state index in [4.69, 9.17) is 16.3 Å². The average molecular weight is 515 g/mol. The van der Waals surface area contributed by atoms with Gasteiger partial charge in [-0.3, -0.25) is 4.90 Å². The molecule has 4 rings (SSSR count). The number of halogens is 1. The molecular formula is C24H23ClN4O5S. The number of aromatic nitrogens is 1. The molecule has 1 fully saturated rings. The Balaban J connectivity index is 1.52. The number of ether oxygens (including phenoxy) is 1. The number of rotatable bonds is 7. The second kappa shape index (κ2) is 10.3. The van der Waals surface area contributed by atoms with Crippen LogP contribution in [0.3, 0.4) is 0 Å². The van der Waals surface area contributed by atoms with Crippen molar-refractivity contribution >= 4 is 45.1 Å². The van der Waals surface area contributed by atoms with E-state index in [1.54, 1.807) is 49.4 Å². The van der Waals surface area contributed by atoms with Crippen molar-refractivity contribution in [3.63, 3.8) is 0 Å². The fourth-order valence-corrected chi connectivity index (χ4v) is 4.93. The number of carbonyl (C=O) groups is 2. The van der Waals surface area contributed by atoms with Crippen LogP contribution in [0, 0.1) is 0 Å². The van der Waals surface area contributed by atoms with Crippen LogP contribution in [0.15, 0.2) is 77.8 Å². The second-order valence-corrected chi connectivity index (χ2v) is 9.83. The van der Waals surface area contributed by atoms with E-state index >= 15 is 0 Å². The Morgan fingerprint density at radius 1 is 1.11 bits per heavy atom. The minimum Gasteiger partial charge on any atom is -0.462 e. The van der Waals surface area contributed by atoms with Crippen LogP contribution in [-0.2, 0) is 14.8 Å². The summed E-state index contributed by atoms with van der Waals surface area (Å²) >= 11 is 6.36. The quantitative estimate of drug-likeness (QED) is 0.479. The summed E-state index contributed by atoms with van der Waals surface area (Å²) in [5, 5.41) is 0.274. The zero-order chi connectivity index (χ0) is 25.0. The number of amides is 2. The highest BCUT2D eigenvalue weighted by molar-refractivity contribution is 7.90. The number of benzene rings is 2. The maximum Gasteiger partial charge on any atom is 0.339 e. The highest BCUT2D eigenvalue weighted by Crippen LogP contribution is 2.31. The molecule has 2 heterocycles. The first kappa shape index (κ1) is 24.5. The number of pyridine rings is 1. The first-order valence-electron chi connectivity index (χ1n) is 10.8. The number of carbonyl (C=O) groups excluding carboxylic acids is 2. The lowest BCUT2D eigenvalue weighted by Gasteiger charge is -2.45. The number of sulfonamides is 1. The zero-order valence-electron chi connectivity index (χ0n) is 18.8. The van der Waals surface area contributed by atoms with Crippen molar-refractivity contribution in [2.45, 2.75) is 17.9 Å². The number of esters is 1. The van der Waals surface area contributed by atoms with E-state index in [0.29, 0.717) is 24.6 Å². The van der Waals surface area contributed by atoms with Gasteiger partial charge >= 0.3 is 12.0 Å². The number of hydrogen-bond acceptors (Lipinski definition) is 7. The van der Waals surface area contributed by atoms with Crippen molar-refractivity contribution in [3.05, 3.63) is 83.5 Å². The van der Waals surface area contributed by atoms with Crippen molar-refractivity contribution in [1.29, 1.82) is 0 Å². The molecule has 0 atom stereocenters. The highest BCUT2D eigenvalue weighted by atomic mass is 35.5. The van der Waals surface area contributed by atoms with Crippen LogP contribution in [0.4, 0.5) is 16.3 Å². The third-order valence-electron chi connectivity index (χ3n) is 5.39. The summed E-state index contributed by atoms with van der Waals surface area (Å²) in [5.41, 5.74) is 0.795. The molecule has 1 aliphatic heterocycles. The SMILES string of the molecule is CCOC(=O)c1cnc(N2CC(N(C(=O)NS(=O)(=O)c3ccccc3)c3ccccc3)C2)c(Cl)c1. The summed E-state index contributed by atoms with van der Waals surface area (Å²) in [4.78, 5) is 32.6. The third-order valence-corrected chi connectivity index (χ3v) is 7.00. The van der Waals surface area contributed by atoms with Crippen LogP contribution in [0.1, 0.15) is 17.3 Å². The van der Waals surface area contributed by atoms with Gasteiger partial charge in [-0.15, -0.1) is 0 Å². The molecule has 0 spiro atoms. The third kappa shape index (κ3) is 5.39. The predicted octanol–water partition coefficient (Wildman–Crippen LogP) is 3.71. The van der Waals surface area contributed by atoms with Crippen molar-refractivity contribution in [2.24, 2.45) is 0 Å². The summed E-state index contributed by atoms with van der Waals surface area (Å²) in [6.45, 7) is 2.67. The Kier molecular flexibility index (Phi) is 7.23. The number of anilines is 2. The first-order chi connectivity index (χ1) is 16.8. The molecule has 1 aliphatic rings. The van der Waals surface area contributed by atoms with Crippen LogP contribution < -0.4 is 14.5 Å². The van der Waals surface area contributed by atoms with E-state index in [0.717, 1.165) is 0 Å². The van der Waals surface area contributed by atoms with E-state index in [1.165, 1.54) is 29.3 Å². The maximum atomic E-state index is 13.2. The van der Waals surface area contributed by atoms with Crippen LogP contribution >= 0.6 is 11.6 Å². The molecule has 0 aliphatic carbocycles. The zero-order valence-corrected chi connectivity index (χ0v) is 20.4. The molecule has 2 amide bonds. The lowest BCUT2D eigenvalue weighted by molar-refractivity contribution is 0.0526. The molecule has 3 aromatic rings. The normalized spacial score (nSPS) is 13.6. The molecule has 11 heteroatoms. The lowest BCUT2D eigenvalue weighted by Crippen LogP contribution is -2.63. The fraction of sp³-hybridized carbons (Fsp3) is 0.208. The van der Waals surface area contributed by atoms with Gasteiger partial charge in [-0.25, -0.2) is 27.7 Å². The van der Waals surface area contributed by atoms with Gasteiger partial charge in [0.2, 0.25) is 0 Å². The molecule has 9 nitrogen and oxygen atoms in total. The maximum absolute atomic E-state index is 13.2. The summed E-state index contributed by atoms with van der Waals surface area (Å²) in [7, 11) is -4.05. The molecule has 182 valence electrons.